The molecule has 0 unspecified atom stereocenters. The fourth-order valence-corrected chi connectivity index (χ4v) is 2.16. The summed E-state index contributed by atoms with van der Waals surface area (Å²) >= 11 is 6.07. The molecule has 1 N–H and O–H groups in total. The van der Waals surface area contributed by atoms with Gasteiger partial charge in [-0.3, -0.25) is 0 Å². The van der Waals surface area contributed by atoms with E-state index in [1.54, 1.807) is 18.2 Å². The molecule has 0 spiro atoms. The van der Waals surface area contributed by atoms with Crippen molar-refractivity contribution < 1.29 is 9.53 Å². The first-order valence-corrected chi connectivity index (χ1v) is 7.87. The summed E-state index contributed by atoms with van der Waals surface area (Å²) in [5.41, 5.74) is 2.28. The van der Waals surface area contributed by atoms with Crippen LogP contribution in [0.1, 0.15) is 23.1 Å². The van der Waals surface area contributed by atoms with E-state index < -0.39 is 6.09 Å². The van der Waals surface area contributed by atoms with Gasteiger partial charge < -0.3 is 10.1 Å². The van der Waals surface area contributed by atoms with Gasteiger partial charge in [0.25, 0.3) is 0 Å². The van der Waals surface area contributed by atoms with E-state index >= 15 is 0 Å². The summed E-state index contributed by atoms with van der Waals surface area (Å²) in [6, 6.07) is 16.7. The predicted molar refractivity (Wildman–Crippen MR) is 94.4 cm³/mol. The Balaban J connectivity index is 1.71. The highest BCUT2D eigenvalue weighted by Gasteiger charge is 2.01. The van der Waals surface area contributed by atoms with E-state index in [4.69, 9.17) is 21.6 Å². The number of carbonyl (C=O) groups excluding carboxylic acids is 1. The third-order valence-corrected chi connectivity index (χ3v) is 3.56. The molecule has 0 heterocycles. The molecule has 0 atom stereocenters. The summed E-state index contributed by atoms with van der Waals surface area (Å²) in [5.74, 6) is 0. The average molecular weight is 341 g/mol. The summed E-state index contributed by atoms with van der Waals surface area (Å²) in [6.45, 7) is 0.707. The Kier molecular flexibility index (Phi) is 6.88. The van der Waals surface area contributed by atoms with Gasteiger partial charge in [-0.25, -0.2) is 4.79 Å². The van der Waals surface area contributed by atoms with Gasteiger partial charge in [-0.15, -0.1) is 0 Å². The van der Waals surface area contributed by atoms with E-state index in [2.05, 4.69) is 11.4 Å². The molecule has 0 aliphatic heterocycles. The largest absolute Gasteiger partial charge is 0.445 e. The van der Waals surface area contributed by atoms with Crippen molar-refractivity contribution in [2.24, 2.45) is 0 Å². The minimum atomic E-state index is -0.447. The molecule has 2 aromatic rings. The van der Waals surface area contributed by atoms with Crippen LogP contribution in [0.4, 0.5) is 4.79 Å². The van der Waals surface area contributed by atoms with Crippen LogP contribution in [0.15, 0.2) is 54.6 Å². The lowest BCUT2D eigenvalue weighted by Gasteiger charge is -2.06. The predicted octanol–water partition coefficient (Wildman–Crippen LogP) is 4.54. The van der Waals surface area contributed by atoms with Crippen LogP contribution in [0.3, 0.4) is 0 Å². The third kappa shape index (κ3) is 5.79. The summed E-state index contributed by atoms with van der Waals surface area (Å²) in [4.78, 5) is 11.6. The fraction of sp³-hybridized carbons (Fsp3) is 0.158. The van der Waals surface area contributed by atoms with Gasteiger partial charge in [0, 0.05) is 11.6 Å². The fourth-order valence-electron chi connectivity index (χ4n) is 1.98. The number of ether oxygens (including phenoxy) is 1. The Morgan fingerprint density at radius 2 is 2.04 bits per heavy atom. The number of carbonyl (C=O) groups is 1. The number of nitrogens with zero attached hydrogens (tertiary/aromatic N) is 1. The lowest BCUT2D eigenvalue weighted by molar-refractivity contribution is 0.140. The maximum absolute atomic E-state index is 11.6. The van der Waals surface area contributed by atoms with E-state index in [1.165, 1.54) is 0 Å². The zero-order chi connectivity index (χ0) is 17.2. The topological polar surface area (TPSA) is 62.1 Å². The van der Waals surface area contributed by atoms with Crippen LogP contribution in [-0.4, -0.2) is 12.6 Å². The van der Waals surface area contributed by atoms with E-state index in [0.29, 0.717) is 23.6 Å². The number of benzene rings is 2. The van der Waals surface area contributed by atoms with Gasteiger partial charge in [0.2, 0.25) is 0 Å². The second kappa shape index (κ2) is 9.39. The van der Waals surface area contributed by atoms with Crippen molar-refractivity contribution in [3.63, 3.8) is 0 Å². The second-order valence-electron chi connectivity index (χ2n) is 5.03. The Morgan fingerprint density at radius 1 is 1.25 bits per heavy atom. The van der Waals surface area contributed by atoms with Crippen LogP contribution in [0.5, 0.6) is 0 Å². The molecule has 0 radical (unpaired) electrons. The van der Waals surface area contributed by atoms with Crippen molar-refractivity contribution in [2.75, 3.05) is 6.54 Å². The lowest BCUT2D eigenvalue weighted by Crippen LogP contribution is -2.24. The molecule has 2 rings (SSSR count). The Morgan fingerprint density at radius 3 is 2.79 bits per heavy atom. The standard InChI is InChI=1S/C19H17ClN2O2/c20-18-10-9-16(13-21)12-17(18)8-4-5-11-22-19(23)24-14-15-6-2-1-3-7-15/h1-4,6-10,12H,5,11,14H2,(H,22,23). The van der Waals surface area contributed by atoms with Gasteiger partial charge in [0.15, 0.2) is 0 Å². The molecular formula is C19H17ClN2O2. The maximum Gasteiger partial charge on any atom is 0.407 e. The molecule has 0 aliphatic rings. The SMILES string of the molecule is N#Cc1ccc(Cl)c(C=CCCNC(=O)OCc2ccccc2)c1. The summed E-state index contributed by atoms with van der Waals surface area (Å²) in [5, 5.41) is 12.1. The van der Waals surface area contributed by atoms with Gasteiger partial charge >= 0.3 is 6.09 Å². The third-order valence-electron chi connectivity index (χ3n) is 3.22. The zero-order valence-corrected chi connectivity index (χ0v) is 13.8. The second-order valence-corrected chi connectivity index (χ2v) is 5.43. The number of amides is 1. The highest BCUT2D eigenvalue weighted by Crippen LogP contribution is 2.18. The number of halogens is 1. The summed E-state index contributed by atoms with van der Waals surface area (Å²) in [6.07, 6.45) is 3.91. The van der Waals surface area contributed by atoms with Gasteiger partial charge in [-0.05, 0) is 35.7 Å². The van der Waals surface area contributed by atoms with Crippen molar-refractivity contribution in [3.8, 4) is 6.07 Å². The van der Waals surface area contributed by atoms with Crippen LogP contribution < -0.4 is 5.32 Å². The monoisotopic (exact) mass is 340 g/mol. The highest BCUT2D eigenvalue weighted by atomic mass is 35.5. The van der Waals surface area contributed by atoms with Crippen molar-refractivity contribution >= 4 is 23.8 Å². The van der Waals surface area contributed by atoms with Gasteiger partial charge in [0.1, 0.15) is 6.61 Å². The van der Waals surface area contributed by atoms with E-state index in [0.717, 1.165) is 11.1 Å². The average Bonchev–Trinajstić information content (AvgIpc) is 2.62. The first kappa shape index (κ1) is 17.6. The van der Waals surface area contributed by atoms with Gasteiger partial charge in [-0.2, -0.15) is 5.26 Å². The van der Waals surface area contributed by atoms with E-state index in [1.807, 2.05) is 42.5 Å². The Bertz CT molecular complexity index is 752. The van der Waals surface area contributed by atoms with Crippen LogP contribution >= 0.6 is 11.6 Å². The number of hydrogen-bond donors (Lipinski definition) is 1. The van der Waals surface area contributed by atoms with Crippen molar-refractivity contribution in [3.05, 3.63) is 76.3 Å². The van der Waals surface area contributed by atoms with Crippen molar-refractivity contribution in [1.29, 1.82) is 5.26 Å². The quantitative estimate of drug-likeness (QED) is 0.785. The van der Waals surface area contributed by atoms with E-state index in [-0.39, 0.29) is 6.61 Å². The van der Waals surface area contributed by atoms with Crippen LogP contribution in [0, 0.1) is 11.3 Å². The Hall–Kier alpha value is -2.77. The number of nitrogens with one attached hydrogen (secondary N) is 1. The smallest absolute Gasteiger partial charge is 0.407 e. The zero-order valence-electron chi connectivity index (χ0n) is 13.0. The number of alkyl carbamates (subject to hydrolysis) is 1. The molecule has 122 valence electrons. The molecule has 0 fully saturated rings. The van der Waals surface area contributed by atoms with Gasteiger partial charge in [0.05, 0.1) is 11.6 Å². The van der Waals surface area contributed by atoms with Gasteiger partial charge in [-0.1, -0.05) is 54.1 Å². The highest BCUT2D eigenvalue weighted by molar-refractivity contribution is 6.32. The molecule has 1 amide bonds. The number of rotatable bonds is 6. The first-order chi connectivity index (χ1) is 11.7. The molecule has 0 aliphatic carbocycles. The van der Waals surface area contributed by atoms with E-state index in [9.17, 15) is 4.79 Å². The molecule has 5 heteroatoms. The number of hydrogen-bond acceptors (Lipinski definition) is 3. The molecule has 0 bridgehead atoms. The molecule has 0 saturated carbocycles. The molecule has 2 aromatic carbocycles. The molecule has 4 nitrogen and oxygen atoms in total. The molecular weight excluding hydrogens is 324 g/mol. The molecule has 0 aromatic heterocycles. The first-order valence-electron chi connectivity index (χ1n) is 7.50. The summed E-state index contributed by atoms with van der Waals surface area (Å²) in [7, 11) is 0. The number of nitriles is 1. The lowest BCUT2D eigenvalue weighted by atomic mass is 10.1. The minimum Gasteiger partial charge on any atom is -0.445 e. The van der Waals surface area contributed by atoms with Crippen molar-refractivity contribution in [2.45, 2.75) is 13.0 Å². The Labute approximate surface area is 146 Å². The van der Waals surface area contributed by atoms with Crippen LogP contribution in [0.25, 0.3) is 6.08 Å². The van der Waals surface area contributed by atoms with Crippen LogP contribution in [-0.2, 0) is 11.3 Å². The summed E-state index contributed by atoms with van der Waals surface area (Å²) < 4.78 is 5.11. The van der Waals surface area contributed by atoms with Crippen LogP contribution in [0.2, 0.25) is 5.02 Å². The van der Waals surface area contributed by atoms with Crippen molar-refractivity contribution in [1.82, 2.24) is 5.32 Å². The molecule has 24 heavy (non-hydrogen) atoms. The molecule has 0 saturated heterocycles. The minimum absolute atomic E-state index is 0.249. The normalized spacial score (nSPS) is 10.3. The maximum atomic E-state index is 11.6.